The van der Waals surface area contributed by atoms with Crippen LogP contribution >= 0.6 is 0 Å². The number of hydrogen-bond acceptors (Lipinski definition) is 3. The van der Waals surface area contributed by atoms with E-state index in [-0.39, 0.29) is 16.8 Å². The number of rotatable bonds is 0. The van der Waals surface area contributed by atoms with E-state index in [1.54, 1.807) is 6.08 Å². The molecule has 0 aliphatic heterocycles. The van der Waals surface area contributed by atoms with Crippen LogP contribution in [0.15, 0.2) is 12.7 Å². The van der Waals surface area contributed by atoms with Crippen molar-refractivity contribution >= 4 is 20.4 Å². The quantitative estimate of drug-likeness (QED) is 0.313. The summed E-state index contributed by atoms with van der Waals surface area (Å²) in [6.45, 7) is 15.0. The summed E-state index contributed by atoms with van der Waals surface area (Å²) in [7, 11) is 0. The van der Waals surface area contributed by atoms with Crippen molar-refractivity contribution in [1.82, 2.24) is 0 Å². The molecular formula is C6H9CoO3. The molecule has 0 spiro atoms. The molecule has 0 amide bonds. The van der Waals surface area contributed by atoms with Crippen molar-refractivity contribution in [3.8, 4) is 0 Å². The maximum Gasteiger partial charge on any atom is 3.00 e. The molecule has 0 rings (SSSR count). The first-order valence-corrected chi connectivity index (χ1v) is 1.69. The van der Waals surface area contributed by atoms with Crippen molar-refractivity contribution in [2.24, 2.45) is 0 Å². The van der Waals surface area contributed by atoms with Gasteiger partial charge in [-0.2, -0.15) is 0 Å². The molecule has 3 nitrogen and oxygen atoms in total. The Morgan fingerprint density at radius 1 is 1.00 bits per heavy atom. The van der Waals surface area contributed by atoms with Crippen LogP contribution in [0.5, 0.6) is 0 Å². The predicted molar refractivity (Wildman–Crippen MR) is 36.1 cm³/mol. The summed E-state index contributed by atoms with van der Waals surface area (Å²) in [6.07, 6.45) is 1.75. The molecule has 10 heavy (non-hydrogen) atoms. The number of hydrogen-bond donors (Lipinski definition) is 0. The number of allylic oxidation sites excluding steroid dienone is 1. The average molecular weight is 188 g/mol. The van der Waals surface area contributed by atoms with Gasteiger partial charge in [-0.1, -0.05) is 6.08 Å². The normalized spacial score (nSPS) is 2.50. The van der Waals surface area contributed by atoms with Crippen LogP contribution in [-0.2, 0) is 31.2 Å². The maximum atomic E-state index is 7.75. The van der Waals surface area contributed by atoms with E-state index in [9.17, 15) is 0 Å². The van der Waals surface area contributed by atoms with Gasteiger partial charge in [0.25, 0.3) is 0 Å². The van der Waals surface area contributed by atoms with E-state index in [0.29, 0.717) is 0 Å². The van der Waals surface area contributed by atoms with Gasteiger partial charge in [-0.25, -0.2) is 0 Å². The van der Waals surface area contributed by atoms with Crippen LogP contribution in [0.3, 0.4) is 0 Å². The van der Waals surface area contributed by atoms with Gasteiger partial charge in [0.15, 0.2) is 0 Å². The first kappa shape index (κ1) is 34.8. The molecule has 60 valence electrons. The molecular weight excluding hydrogens is 179 g/mol. The van der Waals surface area contributed by atoms with Gasteiger partial charge in [-0.05, 0) is 6.92 Å². The third-order valence-corrected chi connectivity index (χ3v) is 0. The minimum Gasteiger partial charge on any atom is -0.545 e. The summed E-state index contributed by atoms with van der Waals surface area (Å²) in [4.78, 5) is 23.2. The Labute approximate surface area is 71.7 Å². The molecule has 0 aliphatic carbocycles. The van der Waals surface area contributed by atoms with Crippen molar-refractivity contribution in [3.63, 3.8) is 0 Å². The third kappa shape index (κ3) is 514. The predicted octanol–water partition coefficient (Wildman–Crippen LogP) is 0.367. The molecule has 0 heterocycles. The van der Waals surface area contributed by atoms with Crippen LogP contribution in [0.2, 0.25) is 0 Å². The van der Waals surface area contributed by atoms with Crippen LogP contribution in [0.1, 0.15) is 6.92 Å². The largest absolute Gasteiger partial charge is 3.00 e. The van der Waals surface area contributed by atoms with Gasteiger partial charge in [0.05, 0.1) is 0 Å². The van der Waals surface area contributed by atoms with E-state index in [4.69, 9.17) is 14.4 Å². The molecule has 0 bridgehead atoms. The SMILES string of the molecule is C=CC.[CH-]=O.[CH-]=O.[CH-]=O.[Co+3]. The molecule has 0 saturated carbocycles. The molecule has 0 aromatic rings. The molecule has 0 N–H and O–H groups in total. The van der Waals surface area contributed by atoms with E-state index in [0.717, 1.165) is 0 Å². The Balaban J connectivity index is -0.0000000110. The number of carbonyl (C=O) groups excluding carboxylic acids is 3. The molecule has 0 aliphatic rings. The molecule has 0 aromatic carbocycles. The second-order valence-electron chi connectivity index (χ2n) is 0.408. The van der Waals surface area contributed by atoms with Gasteiger partial charge in [-0.3, -0.25) is 20.4 Å². The second kappa shape index (κ2) is 6610. The third-order valence-electron chi connectivity index (χ3n) is 0. The summed E-state index contributed by atoms with van der Waals surface area (Å²) in [5, 5.41) is 0. The van der Waals surface area contributed by atoms with Gasteiger partial charge in [0, 0.05) is 0 Å². The van der Waals surface area contributed by atoms with Gasteiger partial charge >= 0.3 is 16.8 Å². The minimum absolute atomic E-state index is 0. The molecule has 0 radical (unpaired) electrons. The zero-order chi connectivity index (χ0) is 8.71. The van der Waals surface area contributed by atoms with Crippen LogP contribution in [0, 0.1) is 0 Å². The van der Waals surface area contributed by atoms with Crippen LogP contribution in [0.25, 0.3) is 0 Å². The summed E-state index contributed by atoms with van der Waals surface area (Å²) in [5.74, 6) is 0. The standard InChI is InChI=1S/C3H6.3CHO.Co/c1-3-2;3*1-2;/h3H,1H2,2H3;3*1H;/q;3*-1;+3. The van der Waals surface area contributed by atoms with Crippen molar-refractivity contribution < 1.29 is 31.2 Å². The average Bonchev–Trinajstić information content (AvgIpc) is 2.01. The van der Waals surface area contributed by atoms with Crippen molar-refractivity contribution in [2.45, 2.75) is 6.92 Å². The van der Waals surface area contributed by atoms with Gasteiger partial charge in [0.2, 0.25) is 0 Å². The fourth-order valence-corrected chi connectivity index (χ4v) is 0. The molecule has 0 aromatic heterocycles. The summed E-state index contributed by atoms with van der Waals surface area (Å²) < 4.78 is 0. The Bertz CT molecular complexity index is 37.2. The summed E-state index contributed by atoms with van der Waals surface area (Å²) in [5.41, 5.74) is 0. The van der Waals surface area contributed by atoms with Gasteiger partial charge in [0.1, 0.15) is 0 Å². The molecule has 0 fully saturated rings. The maximum absolute atomic E-state index is 7.75. The molecule has 4 heteroatoms. The second-order valence-corrected chi connectivity index (χ2v) is 0.408. The van der Waals surface area contributed by atoms with E-state index < -0.39 is 0 Å². The van der Waals surface area contributed by atoms with E-state index >= 15 is 0 Å². The Hall–Kier alpha value is -0.744. The van der Waals surface area contributed by atoms with Crippen molar-refractivity contribution in [2.75, 3.05) is 0 Å². The molecule has 0 saturated heterocycles. The van der Waals surface area contributed by atoms with Gasteiger partial charge in [-0.15, -0.1) is 6.58 Å². The first-order chi connectivity index (χ1) is 4.41. The van der Waals surface area contributed by atoms with E-state index in [1.807, 2.05) is 6.92 Å². The van der Waals surface area contributed by atoms with Crippen LogP contribution in [0.4, 0.5) is 0 Å². The topological polar surface area (TPSA) is 51.2 Å². The molecule has 0 unspecified atom stereocenters. The summed E-state index contributed by atoms with van der Waals surface area (Å²) >= 11 is 0. The summed E-state index contributed by atoms with van der Waals surface area (Å²) in [6, 6.07) is 0. The molecule has 0 atom stereocenters. The van der Waals surface area contributed by atoms with E-state index in [2.05, 4.69) is 26.9 Å². The van der Waals surface area contributed by atoms with Crippen molar-refractivity contribution in [1.29, 1.82) is 0 Å². The first-order valence-electron chi connectivity index (χ1n) is 1.69. The monoisotopic (exact) mass is 188 g/mol. The smallest absolute Gasteiger partial charge is 0.545 e. The zero-order valence-corrected chi connectivity index (χ0v) is 6.62. The van der Waals surface area contributed by atoms with Crippen LogP contribution < -0.4 is 0 Å². The Morgan fingerprint density at radius 2 is 1.00 bits per heavy atom. The van der Waals surface area contributed by atoms with Crippen LogP contribution in [-0.4, -0.2) is 20.4 Å². The fraction of sp³-hybridized carbons (Fsp3) is 0.167. The van der Waals surface area contributed by atoms with E-state index in [1.165, 1.54) is 0 Å². The Morgan fingerprint density at radius 3 is 1.00 bits per heavy atom. The van der Waals surface area contributed by atoms with Crippen molar-refractivity contribution in [3.05, 3.63) is 12.7 Å². The van der Waals surface area contributed by atoms with Gasteiger partial charge < -0.3 is 14.4 Å². The minimum atomic E-state index is 0. The Kier molecular flexibility index (Phi) is 23000. The fourth-order valence-electron chi connectivity index (χ4n) is 0. The zero-order valence-electron chi connectivity index (χ0n) is 5.57.